The molecule has 0 saturated heterocycles. The minimum Gasteiger partial charge on any atom is -0.295 e. The van der Waals surface area contributed by atoms with E-state index in [1.165, 1.54) is 13.0 Å². The van der Waals surface area contributed by atoms with Crippen LogP contribution < -0.4 is 0 Å². The first-order valence-electron chi connectivity index (χ1n) is 4.62. The summed E-state index contributed by atoms with van der Waals surface area (Å²) in [7, 11) is 0. The van der Waals surface area contributed by atoms with Crippen LogP contribution in [0.3, 0.4) is 0 Å². The fourth-order valence-corrected chi connectivity index (χ4v) is 1.98. The average molecular weight is 240 g/mol. The summed E-state index contributed by atoms with van der Waals surface area (Å²) in [5.74, 6) is -0.0870. The summed E-state index contributed by atoms with van der Waals surface area (Å²) in [4.78, 5) is 10.5. The second-order valence-corrected chi connectivity index (χ2v) is 5.16. The molecule has 0 amide bonds. The Labute approximate surface area is 92.1 Å². The smallest absolute Gasteiger partial charge is 0.295 e. The molecule has 5 heteroatoms. The minimum absolute atomic E-state index is 0.0870. The Morgan fingerprint density at radius 2 is 1.93 bits per heavy atom. The van der Waals surface area contributed by atoms with Gasteiger partial charge in [0.05, 0.1) is 5.25 Å². The van der Waals surface area contributed by atoms with Crippen molar-refractivity contribution in [3.63, 3.8) is 0 Å². The Morgan fingerprint density at radius 3 is 2.33 bits per heavy atom. The third-order valence-electron chi connectivity index (χ3n) is 1.72. The number of rotatable bonds is 5. The lowest BCUT2D eigenvalue weighted by atomic mass is 10.3. The highest BCUT2D eigenvalue weighted by molar-refractivity contribution is 8.00. The zero-order chi connectivity index (χ0) is 12.1. The van der Waals surface area contributed by atoms with Crippen LogP contribution in [0.2, 0.25) is 0 Å². The summed E-state index contributed by atoms with van der Waals surface area (Å²) in [5, 5.41) is -1.50. The Morgan fingerprint density at radius 1 is 1.40 bits per heavy atom. The highest BCUT2D eigenvalue weighted by Crippen LogP contribution is 2.33. The molecule has 0 rings (SSSR count). The van der Waals surface area contributed by atoms with Crippen molar-refractivity contribution >= 4 is 17.5 Å². The Balaban J connectivity index is 3.94. The molecule has 2 unspecified atom stereocenters. The van der Waals surface area contributed by atoms with Gasteiger partial charge in [0.2, 0.25) is 0 Å². The predicted octanol–water partition coefficient (Wildman–Crippen LogP) is 3.59. The number of halogens is 3. The van der Waals surface area contributed by atoms with Crippen LogP contribution in [0.1, 0.15) is 27.2 Å². The van der Waals surface area contributed by atoms with Crippen molar-refractivity contribution < 1.29 is 18.0 Å². The van der Waals surface area contributed by atoms with Crippen molar-refractivity contribution in [1.82, 2.24) is 0 Å². The molecule has 0 radical (unpaired) electrons. The monoisotopic (exact) mass is 240 g/mol. The van der Waals surface area contributed by atoms with E-state index in [9.17, 15) is 18.0 Å². The van der Waals surface area contributed by atoms with Gasteiger partial charge < -0.3 is 0 Å². The van der Waals surface area contributed by atoms with Gasteiger partial charge in [-0.3, -0.25) is 4.79 Å². The average Bonchev–Trinajstić information content (AvgIpc) is 2.01. The highest BCUT2D eigenvalue weighted by atomic mass is 32.2. The summed E-state index contributed by atoms with van der Waals surface area (Å²) in [6.07, 6.45) is -0.674. The molecule has 0 aliphatic carbocycles. The largest absolute Gasteiger partial charge is 0.400 e. The second-order valence-electron chi connectivity index (χ2n) is 3.38. The van der Waals surface area contributed by atoms with Gasteiger partial charge in [0.15, 0.2) is 5.78 Å². The van der Waals surface area contributed by atoms with E-state index in [1.807, 2.05) is 0 Å². The van der Waals surface area contributed by atoms with Gasteiger partial charge in [0.1, 0.15) is 0 Å². The van der Waals surface area contributed by atoms with Crippen molar-refractivity contribution in [2.75, 3.05) is 0 Å². The molecule has 0 aromatic rings. The van der Waals surface area contributed by atoms with Crippen molar-refractivity contribution in [1.29, 1.82) is 0 Å². The number of allylic oxidation sites excluding steroid dienone is 2. The lowest BCUT2D eigenvalue weighted by molar-refractivity contribution is -0.125. The summed E-state index contributed by atoms with van der Waals surface area (Å²) >= 11 is 0.871. The number of thioether (sulfide) groups is 1. The molecule has 0 aliphatic rings. The molecule has 0 aromatic heterocycles. The van der Waals surface area contributed by atoms with E-state index in [0.29, 0.717) is 6.42 Å². The number of carbonyl (C=O) groups is 1. The van der Waals surface area contributed by atoms with E-state index in [1.54, 1.807) is 13.0 Å². The SMILES string of the molecule is CC(=O)/C=C/CC(C)SC(C)C(F)(F)F. The number of hydrogen-bond donors (Lipinski definition) is 0. The zero-order valence-electron chi connectivity index (χ0n) is 8.97. The Bertz CT molecular complexity index is 235. The van der Waals surface area contributed by atoms with Crippen LogP contribution >= 0.6 is 11.8 Å². The molecule has 0 spiro atoms. The fraction of sp³-hybridized carbons (Fsp3) is 0.700. The van der Waals surface area contributed by atoms with E-state index >= 15 is 0 Å². The van der Waals surface area contributed by atoms with Gasteiger partial charge in [0, 0.05) is 5.25 Å². The van der Waals surface area contributed by atoms with Crippen molar-refractivity contribution in [2.45, 2.75) is 43.9 Å². The normalized spacial score (nSPS) is 16.7. The van der Waals surface area contributed by atoms with Crippen LogP contribution in [0.15, 0.2) is 12.2 Å². The van der Waals surface area contributed by atoms with Gasteiger partial charge in [-0.25, -0.2) is 0 Å². The van der Waals surface area contributed by atoms with Gasteiger partial charge in [-0.05, 0) is 26.3 Å². The van der Waals surface area contributed by atoms with Crippen molar-refractivity contribution in [2.24, 2.45) is 0 Å². The number of alkyl halides is 3. The van der Waals surface area contributed by atoms with Crippen LogP contribution in [0.5, 0.6) is 0 Å². The fourth-order valence-electron chi connectivity index (χ4n) is 0.907. The van der Waals surface area contributed by atoms with Gasteiger partial charge in [-0.1, -0.05) is 13.0 Å². The Hall–Kier alpha value is -0.450. The quantitative estimate of drug-likeness (QED) is 0.683. The molecule has 88 valence electrons. The first-order valence-corrected chi connectivity index (χ1v) is 5.57. The lowest BCUT2D eigenvalue weighted by Crippen LogP contribution is -2.24. The standard InChI is InChI=1S/C10H15F3OS/c1-7(14)5-4-6-8(2)15-9(3)10(11,12)13/h4-5,8-9H,6H2,1-3H3/b5-4+. The summed E-state index contributed by atoms with van der Waals surface area (Å²) in [6.45, 7) is 4.28. The van der Waals surface area contributed by atoms with E-state index in [0.717, 1.165) is 18.7 Å². The van der Waals surface area contributed by atoms with E-state index in [2.05, 4.69) is 0 Å². The number of ketones is 1. The molecule has 0 N–H and O–H groups in total. The van der Waals surface area contributed by atoms with Crippen LogP contribution in [-0.4, -0.2) is 22.5 Å². The molecular weight excluding hydrogens is 225 g/mol. The van der Waals surface area contributed by atoms with Gasteiger partial charge in [0.25, 0.3) is 0 Å². The summed E-state index contributed by atoms with van der Waals surface area (Å²) in [6, 6.07) is 0. The molecule has 2 atom stereocenters. The first-order chi connectivity index (χ1) is 6.73. The summed E-state index contributed by atoms with van der Waals surface area (Å²) < 4.78 is 36.5. The van der Waals surface area contributed by atoms with Crippen LogP contribution in [0.25, 0.3) is 0 Å². The second kappa shape index (κ2) is 6.20. The van der Waals surface area contributed by atoms with Crippen LogP contribution in [-0.2, 0) is 4.79 Å². The van der Waals surface area contributed by atoms with Crippen LogP contribution in [0, 0.1) is 0 Å². The van der Waals surface area contributed by atoms with Gasteiger partial charge in [-0.2, -0.15) is 13.2 Å². The topological polar surface area (TPSA) is 17.1 Å². The maximum atomic E-state index is 12.2. The molecule has 0 bridgehead atoms. The molecule has 0 fully saturated rings. The predicted molar refractivity (Wildman–Crippen MR) is 57.0 cm³/mol. The van der Waals surface area contributed by atoms with Crippen molar-refractivity contribution in [3.8, 4) is 0 Å². The molecule has 0 saturated carbocycles. The maximum Gasteiger partial charge on any atom is 0.400 e. The van der Waals surface area contributed by atoms with Gasteiger partial charge in [-0.15, -0.1) is 11.8 Å². The molecular formula is C10H15F3OS. The Kier molecular flexibility index (Phi) is 6.02. The number of hydrogen-bond acceptors (Lipinski definition) is 2. The first kappa shape index (κ1) is 14.6. The molecule has 1 nitrogen and oxygen atoms in total. The molecule has 0 aliphatic heterocycles. The third kappa shape index (κ3) is 7.48. The highest BCUT2D eigenvalue weighted by Gasteiger charge is 2.36. The molecule has 0 aromatic carbocycles. The zero-order valence-corrected chi connectivity index (χ0v) is 9.78. The number of carbonyl (C=O) groups excluding carboxylic acids is 1. The van der Waals surface area contributed by atoms with E-state index < -0.39 is 11.4 Å². The maximum absolute atomic E-state index is 12.2. The lowest BCUT2D eigenvalue weighted by Gasteiger charge is -2.18. The summed E-state index contributed by atoms with van der Waals surface area (Å²) in [5.41, 5.74) is 0. The van der Waals surface area contributed by atoms with Crippen molar-refractivity contribution in [3.05, 3.63) is 12.2 Å². The van der Waals surface area contributed by atoms with Gasteiger partial charge >= 0.3 is 6.18 Å². The van der Waals surface area contributed by atoms with Crippen LogP contribution in [0.4, 0.5) is 13.2 Å². The minimum atomic E-state index is -4.15. The molecule has 0 heterocycles. The molecule has 15 heavy (non-hydrogen) atoms. The third-order valence-corrected chi connectivity index (χ3v) is 3.05. The van der Waals surface area contributed by atoms with E-state index in [4.69, 9.17) is 0 Å². The van der Waals surface area contributed by atoms with E-state index in [-0.39, 0.29) is 11.0 Å².